The number of carbonyl (C=O) groups is 3. The van der Waals surface area contributed by atoms with Gasteiger partial charge < -0.3 is 23.7 Å². The summed E-state index contributed by atoms with van der Waals surface area (Å²) < 4.78 is 22.2. The second kappa shape index (κ2) is 11.9. The van der Waals surface area contributed by atoms with Gasteiger partial charge in [0.2, 0.25) is 5.78 Å². The number of rotatable bonds is 11. The maximum Gasteiger partial charge on any atom is 0.350 e. The third-order valence-electron chi connectivity index (χ3n) is 6.56. The minimum atomic E-state index is -1.10. The number of amides is 1. The molecule has 1 atom stereocenters. The number of nitrogens with zero attached hydrogens (tertiary/aromatic N) is 2. The van der Waals surface area contributed by atoms with Crippen LogP contribution in [0.2, 0.25) is 0 Å². The molecule has 0 bridgehead atoms. The molecule has 5 rings (SSSR count). The van der Waals surface area contributed by atoms with Gasteiger partial charge in [-0.25, -0.2) is 9.78 Å². The fourth-order valence-electron chi connectivity index (χ4n) is 4.66. The van der Waals surface area contributed by atoms with Crippen LogP contribution in [0.15, 0.2) is 76.9 Å². The molecule has 11 heteroatoms. The molecular weight excluding hydrogens is 560 g/mol. The van der Waals surface area contributed by atoms with E-state index in [2.05, 4.69) is 11.6 Å². The van der Waals surface area contributed by atoms with Crippen LogP contribution in [0.1, 0.15) is 50.9 Å². The summed E-state index contributed by atoms with van der Waals surface area (Å²) in [7, 11) is 1.49. The van der Waals surface area contributed by atoms with Crippen LogP contribution in [0, 0.1) is 6.92 Å². The van der Waals surface area contributed by atoms with Gasteiger partial charge in [-0.15, -0.1) is 0 Å². The number of aliphatic hydroxyl groups excluding tert-OH is 1. The van der Waals surface area contributed by atoms with E-state index in [1.807, 2.05) is 6.92 Å². The fraction of sp³-hybridized carbons (Fsp3) is 0.226. The van der Waals surface area contributed by atoms with Gasteiger partial charge in [-0.3, -0.25) is 14.5 Å². The van der Waals surface area contributed by atoms with Crippen molar-refractivity contribution in [1.29, 1.82) is 0 Å². The zero-order valence-corrected chi connectivity index (χ0v) is 24.0. The van der Waals surface area contributed by atoms with Gasteiger partial charge in [0.05, 0.1) is 31.0 Å². The Bertz CT molecular complexity index is 1730. The van der Waals surface area contributed by atoms with Crippen LogP contribution in [-0.4, -0.2) is 48.1 Å². The number of Topliss-reactive ketones (excluding diaryl/α,β-unsaturated/α-hetero) is 1. The first-order valence-electron chi connectivity index (χ1n) is 13.1. The van der Waals surface area contributed by atoms with Gasteiger partial charge in [-0.1, -0.05) is 55.2 Å². The van der Waals surface area contributed by atoms with Gasteiger partial charge in [0.25, 0.3) is 5.91 Å². The number of para-hydroxylation sites is 1. The number of ether oxygens (including phenoxy) is 3. The van der Waals surface area contributed by atoms with E-state index in [9.17, 15) is 19.5 Å². The molecule has 216 valence electrons. The van der Waals surface area contributed by atoms with Crippen molar-refractivity contribution in [3.8, 4) is 11.5 Å². The molecule has 0 spiro atoms. The number of thiazole rings is 1. The topological polar surface area (TPSA) is 128 Å². The molecule has 1 amide bonds. The summed E-state index contributed by atoms with van der Waals surface area (Å²) in [6.45, 7) is 7.60. The summed E-state index contributed by atoms with van der Waals surface area (Å²) in [6, 6.07) is 12.6. The first-order valence-corrected chi connectivity index (χ1v) is 14.0. The molecule has 2 aromatic heterocycles. The van der Waals surface area contributed by atoms with Gasteiger partial charge in [0.1, 0.15) is 17.2 Å². The predicted octanol–water partition coefficient (Wildman–Crippen LogP) is 6.12. The number of furan rings is 1. The highest BCUT2D eigenvalue weighted by atomic mass is 32.1. The number of hydrogen-bond acceptors (Lipinski definition) is 10. The maximum absolute atomic E-state index is 14.0. The number of esters is 1. The van der Waals surface area contributed by atoms with Crippen LogP contribution < -0.4 is 14.4 Å². The van der Waals surface area contributed by atoms with Crippen LogP contribution >= 0.6 is 11.3 Å². The SMILES string of the molecule is C=CCOC(=O)c1sc(N2C(=O)C(O)=C(C(=O)c3cc4cccc(OC)c4o3)C2c2cccc(OCCC)c2)nc1C. The number of hydrogen-bond donors (Lipinski definition) is 1. The number of aryl methyl sites for hydroxylation is 1. The molecule has 1 aliphatic heterocycles. The van der Waals surface area contributed by atoms with E-state index in [1.54, 1.807) is 49.4 Å². The van der Waals surface area contributed by atoms with E-state index >= 15 is 0 Å². The predicted molar refractivity (Wildman–Crippen MR) is 157 cm³/mol. The first-order chi connectivity index (χ1) is 20.3. The number of aliphatic hydroxyl groups is 1. The molecule has 0 fully saturated rings. The first kappa shape index (κ1) is 28.6. The Morgan fingerprint density at radius 1 is 1.21 bits per heavy atom. The summed E-state index contributed by atoms with van der Waals surface area (Å²) in [6.07, 6.45) is 2.22. The average molecular weight is 589 g/mol. The smallest absolute Gasteiger partial charge is 0.350 e. The van der Waals surface area contributed by atoms with Crippen LogP contribution in [0.5, 0.6) is 11.5 Å². The quantitative estimate of drug-likeness (QED) is 0.125. The van der Waals surface area contributed by atoms with Gasteiger partial charge >= 0.3 is 5.97 Å². The van der Waals surface area contributed by atoms with E-state index in [0.29, 0.717) is 40.3 Å². The van der Waals surface area contributed by atoms with E-state index < -0.39 is 29.5 Å². The molecule has 4 aromatic rings. The lowest BCUT2D eigenvalue weighted by Gasteiger charge is -2.24. The Morgan fingerprint density at radius 3 is 2.74 bits per heavy atom. The largest absolute Gasteiger partial charge is 0.503 e. The number of aromatic nitrogens is 1. The lowest BCUT2D eigenvalue weighted by Crippen LogP contribution is -2.31. The Hall–Kier alpha value is -4.90. The monoisotopic (exact) mass is 588 g/mol. The van der Waals surface area contributed by atoms with Crippen molar-refractivity contribution in [3.05, 3.63) is 94.4 Å². The summed E-state index contributed by atoms with van der Waals surface area (Å²) in [5.41, 5.74) is 0.977. The average Bonchev–Trinajstić information content (AvgIpc) is 3.68. The van der Waals surface area contributed by atoms with Crippen LogP contribution in [0.3, 0.4) is 0 Å². The van der Waals surface area contributed by atoms with Crippen LogP contribution in [0.25, 0.3) is 11.0 Å². The van der Waals surface area contributed by atoms with Crippen molar-refractivity contribution in [1.82, 2.24) is 4.98 Å². The highest BCUT2D eigenvalue weighted by molar-refractivity contribution is 7.17. The highest BCUT2D eigenvalue weighted by Crippen LogP contribution is 2.45. The van der Waals surface area contributed by atoms with E-state index in [1.165, 1.54) is 24.2 Å². The molecule has 3 heterocycles. The second-order valence-corrected chi connectivity index (χ2v) is 10.4. The lowest BCUT2D eigenvalue weighted by atomic mass is 9.95. The molecule has 1 N–H and O–H groups in total. The number of anilines is 1. The Balaban J connectivity index is 1.63. The second-order valence-electron chi connectivity index (χ2n) is 9.38. The standard InChI is InChI=1S/C31H28N2O8S/c1-5-13-39-20-11-7-9-18(15-20)24-23(25(34)22-16-19-10-8-12-21(38-4)27(19)41-22)26(35)29(36)33(24)31-32-17(3)28(42-31)30(37)40-14-6-2/h6-12,15-16,24,35H,2,5,13-14H2,1,3-4H3. The molecule has 0 saturated heterocycles. The van der Waals surface area contributed by atoms with Crippen molar-refractivity contribution < 1.29 is 38.1 Å². The highest BCUT2D eigenvalue weighted by Gasteiger charge is 2.47. The minimum Gasteiger partial charge on any atom is -0.503 e. The summed E-state index contributed by atoms with van der Waals surface area (Å²) in [5, 5.41) is 11.9. The normalized spacial score (nSPS) is 14.9. The molecule has 0 aliphatic carbocycles. The summed E-state index contributed by atoms with van der Waals surface area (Å²) in [4.78, 5) is 46.1. The van der Waals surface area contributed by atoms with Gasteiger partial charge in [-0.2, -0.15) is 0 Å². The maximum atomic E-state index is 14.0. The zero-order chi connectivity index (χ0) is 30.0. The third kappa shape index (κ3) is 5.14. The van der Waals surface area contributed by atoms with Crippen LogP contribution in [-0.2, 0) is 9.53 Å². The fourth-order valence-corrected chi connectivity index (χ4v) is 5.65. The summed E-state index contributed by atoms with van der Waals surface area (Å²) in [5.74, 6) is -2.04. The molecule has 0 saturated carbocycles. The molecule has 0 radical (unpaired) electrons. The molecule has 42 heavy (non-hydrogen) atoms. The summed E-state index contributed by atoms with van der Waals surface area (Å²) >= 11 is 0.921. The zero-order valence-electron chi connectivity index (χ0n) is 23.2. The molecule has 1 aliphatic rings. The van der Waals surface area contributed by atoms with Crippen molar-refractivity contribution >= 4 is 45.1 Å². The van der Waals surface area contributed by atoms with Crippen molar-refractivity contribution in [2.75, 3.05) is 25.2 Å². The minimum absolute atomic E-state index is 0.00457. The van der Waals surface area contributed by atoms with Crippen molar-refractivity contribution in [2.45, 2.75) is 26.3 Å². The lowest BCUT2D eigenvalue weighted by molar-refractivity contribution is -0.117. The van der Waals surface area contributed by atoms with E-state index in [0.717, 1.165) is 17.8 Å². The number of methoxy groups -OCH3 is 1. The Labute approximate surface area is 245 Å². The molecule has 10 nitrogen and oxygen atoms in total. The van der Waals surface area contributed by atoms with Gasteiger partial charge in [0, 0.05) is 5.39 Å². The Kier molecular flexibility index (Phi) is 8.12. The molecule has 2 aromatic carbocycles. The third-order valence-corrected chi connectivity index (χ3v) is 7.70. The molecular formula is C31H28N2O8S. The van der Waals surface area contributed by atoms with Crippen molar-refractivity contribution in [2.24, 2.45) is 0 Å². The number of benzene rings is 2. The van der Waals surface area contributed by atoms with Gasteiger partial charge in [-0.05, 0) is 43.2 Å². The van der Waals surface area contributed by atoms with Crippen LogP contribution in [0.4, 0.5) is 5.13 Å². The number of carbonyl (C=O) groups excluding carboxylic acids is 3. The van der Waals surface area contributed by atoms with E-state index in [-0.39, 0.29) is 27.9 Å². The van der Waals surface area contributed by atoms with Gasteiger partial charge in [0.15, 0.2) is 28.0 Å². The number of ketones is 1. The Morgan fingerprint density at radius 2 is 2.00 bits per heavy atom. The van der Waals surface area contributed by atoms with Crippen molar-refractivity contribution in [3.63, 3.8) is 0 Å². The number of fused-ring (bicyclic) bond motifs is 1. The van der Waals surface area contributed by atoms with E-state index in [4.69, 9.17) is 18.6 Å². The molecule has 1 unspecified atom stereocenters.